The number of piperidine rings is 1. The van der Waals surface area contributed by atoms with Crippen molar-refractivity contribution in [1.82, 2.24) is 19.4 Å². The first-order valence-corrected chi connectivity index (χ1v) is 12.7. The van der Waals surface area contributed by atoms with Crippen molar-refractivity contribution in [2.75, 3.05) is 26.8 Å². The van der Waals surface area contributed by atoms with Crippen molar-refractivity contribution in [1.29, 1.82) is 0 Å². The molecule has 1 fully saturated rings. The number of pyridine rings is 1. The van der Waals surface area contributed by atoms with Gasteiger partial charge in [0.15, 0.2) is 0 Å². The average molecular weight is 544 g/mol. The minimum atomic E-state index is -1.19. The van der Waals surface area contributed by atoms with E-state index in [0.717, 1.165) is 37.3 Å². The van der Waals surface area contributed by atoms with Crippen molar-refractivity contribution in [3.63, 3.8) is 0 Å². The summed E-state index contributed by atoms with van der Waals surface area (Å²) in [6, 6.07) is 10.2. The van der Waals surface area contributed by atoms with Crippen molar-refractivity contribution in [2.45, 2.75) is 38.5 Å². The zero-order chi connectivity index (χ0) is 27.1. The Bertz CT molecular complexity index is 1290. The van der Waals surface area contributed by atoms with Gasteiger partial charge in [-0.15, -0.1) is 0 Å². The van der Waals surface area contributed by atoms with Crippen molar-refractivity contribution < 1.29 is 23.8 Å². The molecule has 3 aromatic rings. The molecule has 9 nitrogen and oxygen atoms in total. The number of ether oxygens (including phenoxy) is 2. The molecule has 0 amide bonds. The fourth-order valence-electron chi connectivity index (χ4n) is 4.46. The molecule has 4 rings (SSSR count). The van der Waals surface area contributed by atoms with Gasteiger partial charge in [-0.05, 0) is 44.1 Å². The Morgan fingerprint density at radius 2 is 2.08 bits per heavy atom. The van der Waals surface area contributed by atoms with Crippen molar-refractivity contribution in [2.24, 2.45) is 5.73 Å². The molecule has 3 heterocycles. The molecule has 0 unspecified atom stereocenters. The summed E-state index contributed by atoms with van der Waals surface area (Å²) in [6.07, 6.45) is 4.98. The molecular weight excluding hydrogens is 513 g/mol. The number of methoxy groups -OCH3 is 1. The van der Waals surface area contributed by atoms with E-state index >= 15 is 0 Å². The Hall–Kier alpha value is -3.47. The minimum Gasteiger partial charge on any atom is -0.477 e. The second-order valence-electron chi connectivity index (χ2n) is 9.13. The maximum absolute atomic E-state index is 14.1. The highest BCUT2D eigenvalue weighted by Crippen LogP contribution is 2.29. The molecule has 38 heavy (non-hydrogen) atoms. The summed E-state index contributed by atoms with van der Waals surface area (Å²) in [7, 11) is 1.62. The van der Waals surface area contributed by atoms with Crippen LogP contribution in [-0.4, -0.2) is 57.3 Å². The van der Waals surface area contributed by atoms with Gasteiger partial charge < -0.3 is 24.9 Å². The number of benzene rings is 1. The van der Waals surface area contributed by atoms with Crippen LogP contribution in [0, 0.1) is 5.82 Å². The van der Waals surface area contributed by atoms with E-state index in [2.05, 4.69) is 14.9 Å². The van der Waals surface area contributed by atoms with Gasteiger partial charge in [-0.1, -0.05) is 23.7 Å². The molecule has 3 N–H and O–H groups in total. The topological polar surface area (TPSA) is 116 Å². The summed E-state index contributed by atoms with van der Waals surface area (Å²) >= 11 is 5.82. The van der Waals surface area contributed by atoms with E-state index in [1.165, 1.54) is 12.1 Å². The van der Waals surface area contributed by atoms with Gasteiger partial charge in [-0.25, -0.2) is 19.2 Å². The third kappa shape index (κ3) is 7.09. The van der Waals surface area contributed by atoms with Crippen LogP contribution in [0.5, 0.6) is 5.88 Å². The van der Waals surface area contributed by atoms with Crippen LogP contribution < -0.4 is 10.5 Å². The first kappa shape index (κ1) is 27.6. The molecule has 0 radical (unpaired) electrons. The lowest BCUT2D eigenvalue weighted by atomic mass is 9.93. The molecule has 1 saturated heterocycles. The second kappa shape index (κ2) is 12.9. The largest absolute Gasteiger partial charge is 0.477 e. The number of likely N-dealkylation sites (tertiary alicyclic amines) is 1. The van der Waals surface area contributed by atoms with E-state index in [4.69, 9.17) is 31.9 Å². The lowest BCUT2D eigenvalue weighted by molar-refractivity contribution is -0.132. The Morgan fingerprint density at radius 3 is 2.79 bits per heavy atom. The smallest absolute Gasteiger partial charge is 0.351 e. The SMILES string of the molecule is COCCn1c(CN2CCC(c3cccc(OCc4ccc(Cl)cc4F)n3)CC2)cnc1C=C(N)C(=O)O. The number of aromatic nitrogens is 3. The number of carbonyl (C=O) groups is 1. The molecule has 0 atom stereocenters. The van der Waals surface area contributed by atoms with Gasteiger partial charge in [0.05, 0.1) is 18.5 Å². The molecular formula is C27H31ClFN5O4. The molecule has 2 aromatic heterocycles. The highest BCUT2D eigenvalue weighted by atomic mass is 35.5. The molecule has 0 bridgehead atoms. The average Bonchev–Trinajstić information content (AvgIpc) is 3.27. The quantitative estimate of drug-likeness (QED) is 0.348. The Morgan fingerprint density at radius 1 is 1.29 bits per heavy atom. The zero-order valence-electron chi connectivity index (χ0n) is 21.1. The van der Waals surface area contributed by atoms with E-state index in [9.17, 15) is 9.18 Å². The molecule has 0 aliphatic carbocycles. The first-order valence-electron chi connectivity index (χ1n) is 12.3. The summed E-state index contributed by atoms with van der Waals surface area (Å²) < 4.78 is 27.0. The van der Waals surface area contributed by atoms with Gasteiger partial charge in [-0.3, -0.25) is 4.90 Å². The van der Waals surface area contributed by atoms with Crippen LogP contribution in [0.4, 0.5) is 4.39 Å². The van der Waals surface area contributed by atoms with Crippen molar-refractivity contribution in [3.8, 4) is 5.88 Å². The number of imidazole rings is 1. The molecule has 1 aromatic carbocycles. The molecule has 11 heteroatoms. The number of aliphatic carboxylic acids is 1. The van der Waals surface area contributed by atoms with Gasteiger partial charge in [-0.2, -0.15) is 0 Å². The van der Waals surface area contributed by atoms with Crippen LogP contribution in [-0.2, 0) is 29.2 Å². The fourth-order valence-corrected chi connectivity index (χ4v) is 4.61. The van der Waals surface area contributed by atoms with Gasteiger partial charge in [0, 0.05) is 54.5 Å². The zero-order valence-corrected chi connectivity index (χ0v) is 21.9. The molecule has 0 saturated carbocycles. The predicted molar refractivity (Wildman–Crippen MR) is 141 cm³/mol. The van der Waals surface area contributed by atoms with Crippen LogP contribution in [0.1, 0.15) is 41.5 Å². The Labute approximate surface area is 225 Å². The second-order valence-corrected chi connectivity index (χ2v) is 9.57. The van der Waals surface area contributed by atoms with Gasteiger partial charge in [0.1, 0.15) is 23.9 Å². The Balaban J connectivity index is 1.36. The van der Waals surface area contributed by atoms with Crippen LogP contribution >= 0.6 is 11.6 Å². The van der Waals surface area contributed by atoms with E-state index in [-0.39, 0.29) is 18.2 Å². The number of nitrogens with two attached hydrogens (primary N) is 1. The number of hydrogen-bond acceptors (Lipinski definition) is 7. The highest BCUT2D eigenvalue weighted by Gasteiger charge is 2.23. The fraction of sp³-hybridized carbons (Fsp3) is 0.370. The normalized spacial score (nSPS) is 15.1. The van der Waals surface area contributed by atoms with Crippen LogP contribution in [0.15, 0.2) is 48.3 Å². The third-order valence-corrected chi connectivity index (χ3v) is 6.78. The van der Waals surface area contributed by atoms with Crippen LogP contribution in [0.25, 0.3) is 6.08 Å². The number of carboxylic acids is 1. The molecule has 0 spiro atoms. The molecule has 202 valence electrons. The van der Waals surface area contributed by atoms with E-state index < -0.39 is 11.8 Å². The Kier molecular flexibility index (Phi) is 9.33. The van der Waals surface area contributed by atoms with E-state index in [0.29, 0.717) is 42.0 Å². The molecule has 1 aliphatic rings. The first-order chi connectivity index (χ1) is 18.3. The summed E-state index contributed by atoms with van der Waals surface area (Å²) in [4.78, 5) is 22.6. The summed E-state index contributed by atoms with van der Waals surface area (Å²) in [5.41, 5.74) is 7.69. The molecule has 1 aliphatic heterocycles. The standard InChI is InChI=1S/C27H31ClFN5O4/c1-37-12-11-34-21(15-31-25(34)14-23(30)27(35)36)16-33-9-7-18(8-10-33)24-3-2-4-26(32-24)38-17-19-5-6-20(28)13-22(19)29/h2-6,13-15,18H,7-12,16-17,30H2,1H3,(H,35,36). The lowest BCUT2D eigenvalue weighted by Gasteiger charge is -2.32. The van der Waals surface area contributed by atoms with E-state index in [1.807, 2.05) is 16.7 Å². The van der Waals surface area contributed by atoms with Crippen LogP contribution in [0.3, 0.4) is 0 Å². The number of rotatable bonds is 11. The lowest BCUT2D eigenvalue weighted by Crippen LogP contribution is -2.33. The van der Waals surface area contributed by atoms with Crippen molar-refractivity contribution in [3.05, 3.63) is 81.9 Å². The van der Waals surface area contributed by atoms with Crippen molar-refractivity contribution >= 4 is 23.6 Å². The minimum absolute atomic E-state index is 0.0734. The van der Waals surface area contributed by atoms with E-state index in [1.54, 1.807) is 31.5 Å². The predicted octanol–water partition coefficient (Wildman–Crippen LogP) is 4.06. The van der Waals surface area contributed by atoms with Crippen LogP contribution in [0.2, 0.25) is 5.02 Å². The highest BCUT2D eigenvalue weighted by molar-refractivity contribution is 6.30. The third-order valence-electron chi connectivity index (χ3n) is 6.55. The van der Waals surface area contributed by atoms with Gasteiger partial charge in [0.2, 0.25) is 5.88 Å². The maximum Gasteiger partial charge on any atom is 0.351 e. The summed E-state index contributed by atoms with van der Waals surface area (Å²) in [6.45, 7) is 3.49. The number of hydrogen-bond donors (Lipinski definition) is 2. The number of halogens is 2. The summed E-state index contributed by atoms with van der Waals surface area (Å²) in [5, 5.41) is 9.47. The monoisotopic (exact) mass is 543 g/mol. The van der Waals surface area contributed by atoms with Gasteiger partial charge >= 0.3 is 5.97 Å². The van der Waals surface area contributed by atoms with Gasteiger partial charge in [0.25, 0.3) is 0 Å². The number of carboxylic acid groups (broad SMARTS) is 1. The summed E-state index contributed by atoms with van der Waals surface area (Å²) in [5.74, 6) is -0.351. The maximum atomic E-state index is 14.1. The number of nitrogens with zero attached hydrogens (tertiary/aromatic N) is 4.